The van der Waals surface area contributed by atoms with Gasteiger partial charge in [0.2, 0.25) is 0 Å². The van der Waals surface area contributed by atoms with E-state index in [9.17, 15) is 0 Å². The number of rotatable bonds is 8. The van der Waals surface area contributed by atoms with Gasteiger partial charge in [-0.1, -0.05) is 19.8 Å². The van der Waals surface area contributed by atoms with E-state index < -0.39 is 0 Å². The topological polar surface area (TPSA) is 83.3 Å². The molecular weight excluding hydrogens is 364 g/mol. The highest BCUT2D eigenvalue weighted by Crippen LogP contribution is 2.18. The van der Waals surface area contributed by atoms with Gasteiger partial charge in [0.25, 0.3) is 0 Å². The lowest BCUT2D eigenvalue weighted by Gasteiger charge is -2.21. The minimum atomic E-state index is 0.630. The summed E-state index contributed by atoms with van der Waals surface area (Å²) in [5.74, 6) is 2.91. The summed E-state index contributed by atoms with van der Waals surface area (Å²) in [6.45, 7) is 9.42. The van der Waals surface area contributed by atoms with Crippen LogP contribution >= 0.6 is 0 Å². The summed E-state index contributed by atoms with van der Waals surface area (Å²) in [6, 6.07) is 4.24. The lowest BCUT2D eigenvalue weighted by molar-refractivity contribution is 0.632. The summed E-state index contributed by atoms with van der Waals surface area (Å²) < 4.78 is 2.08. The van der Waals surface area contributed by atoms with Crippen LogP contribution in [0.5, 0.6) is 0 Å². The van der Waals surface area contributed by atoms with E-state index in [0.29, 0.717) is 6.54 Å². The second-order valence-corrected chi connectivity index (χ2v) is 7.34. The smallest absolute Gasteiger partial charge is 0.191 e. The van der Waals surface area contributed by atoms with Crippen molar-refractivity contribution >= 4 is 11.8 Å². The van der Waals surface area contributed by atoms with E-state index in [2.05, 4.69) is 61.3 Å². The monoisotopic (exact) mass is 398 g/mol. The molecule has 1 aliphatic rings. The van der Waals surface area contributed by atoms with Gasteiger partial charge in [-0.2, -0.15) is 0 Å². The lowest BCUT2D eigenvalue weighted by atomic mass is 10.2. The molecule has 2 aromatic rings. The van der Waals surface area contributed by atoms with E-state index in [0.717, 1.165) is 56.7 Å². The van der Waals surface area contributed by atoms with Gasteiger partial charge in [0, 0.05) is 45.3 Å². The van der Waals surface area contributed by atoms with E-state index >= 15 is 0 Å². The average molecular weight is 399 g/mol. The van der Waals surface area contributed by atoms with Crippen LogP contribution in [0, 0.1) is 0 Å². The van der Waals surface area contributed by atoms with Crippen LogP contribution in [-0.4, -0.2) is 51.9 Å². The largest absolute Gasteiger partial charge is 0.357 e. The van der Waals surface area contributed by atoms with E-state index in [1.165, 1.54) is 31.2 Å². The molecule has 0 saturated carbocycles. The quantitative estimate of drug-likeness (QED) is 0.525. The van der Waals surface area contributed by atoms with Crippen LogP contribution in [0.4, 0.5) is 5.82 Å². The molecule has 158 valence electrons. The minimum absolute atomic E-state index is 0.630. The van der Waals surface area contributed by atoms with Crippen LogP contribution in [0.25, 0.3) is 0 Å². The van der Waals surface area contributed by atoms with Crippen molar-refractivity contribution < 1.29 is 0 Å². The average Bonchev–Trinajstić information content (AvgIpc) is 3.02. The zero-order chi connectivity index (χ0) is 20.3. The van der Waals surface area contributed by atoms with Gasteiger partial charge in [0.1, 0.15) is 18.0 Å². The van der Waals surface area contributed by atoms with Crippen molar-refractivity contribution in [2.24, 2.45) is 4.99 Å². The number of pyridine rings is 1. The fourth-order valence-corrected chi connectivity index (χ4v) is 3.58. The predicted molar refractivity (Wildman–Crippen MR) is 117 cm³/mol. The van der Waals surface area contributed by atoms with E-state index in [-0.39, 0.29) is 0 Å². The van der Waals surface area contributed by atoms with E-state index in [1.54, 1.807) is 6.33 Å². The van der Waals surface area contributed by atoms with Crippen molar-refractivity contribution in [1.29, 1.82) is 0 Å². The number of aliphatic imine (C=N–C) groups is 1. The molecule has 0 unspecified atom stereocenters. The van der Waals surface area contributed by atoms with Gasteiger partial charge in [0.05, 0.1) is 6.54 Å². The number of aromatic nitrogens is 4. The minimum Gasteiger partial charge on any atom is -0.357 e. The molecule has 1 saturated heterocycles. The Kier molecular flexibility index (Phi) is 8.27. The SMILES string of the molecule is CCNC(=NCc1ccnc(N2CCCCCC2)c1)NCCn1cnnc1CC. The molecular formula is C21H34N8. The standard InChI is InChI=1S/C21H34N8/c1-3-19-27-26-17-29(19)14-11-24-21(22-4-2)25-16-18-9-10-23-20(15-18)28-12-7-5-6-8-13-28/h9-10,15,17H,3-8,11-14,16H2,1-2H3,(H2,22,24,25). The highest BCUT2D eigenvalue weighted by Gasteiger charge is 2.11. The van der Waals surface area contributed by atoms with Crippen LogP contribution in [-0.2, 0) is 19.5 Å². The Morgan fingerprint density at radius 2 is 1.97 bits per heavy atom. The second kappa shape index (κ2) is 11.4. The van der Waals surface area contributed by atoms with Gasteiger partial charge in [-0.05, 0) is 37.5 Å². The Labute approximate surface area is 173 Å². The van der Waals surface area contributed by atoms with Crippen LogP contribution in [0.3, 0.4) is 0 Å². The fraction of sp³-hybridized carbons (Fsp3) is 0.619. The maximum absolute atomic E-state index is 4.76. The van der Waals surface area contributed by atoms with Crippen LogP contribution < -0.4 is 15.5 Å². The van der Waals surface area contributed by atoms with Crippen LogP contribution in [0.1, 0.15) is 50.9 Å². The molecule has 3 heterocycles. The summed E-state index contributed by atoms with van der Waals surface area (Å²) in [4.78, 5) is 11.8. The first-order valence-electron chi connectivity index (χ1n) is 10.9. The Bertz CT molecular complexity index is 762. The molecule has 0 atom stereocenters. The van der Waals surface area contributed by atoms with Gasteiger partial charge >= 0.3 is 0 Å². The molecule has 0 aromatic carbocycles. The van der Waals surface area contributed by atoms with Crippen molar-refractivity contribution in [3.63, 3.8) is 0 Å². The zero-order valence-corrected chi connectivity index (χ0v) is 17.8. The first-order chi connectivity index (χ1) is 14.3. The highest BCUT2D eigenvalue weighted by molar-refractivity contribution is 5.79. The first-order valence-corrected chi connectivity index (χ1v) is 10.9. The molecule has 8 nitrogen and oxygen atoms in total. The molecule has 0 amide bonds. The van der Waals surface area contributed by atoms with E-state index in [1.807, 2.05) is 6.20 Å². The Morgan fingerprint density at radius 1 is 1.14 bits per heavy atom. The van der Waals surface area contributed by atoms with Crippen molar-refractivity contribution in [1.82, 2.24) is 30.4 Å². The maximum atomic E-state index is 4.76. The molecule has 0 radical (unpaired) electrons. The predicted octanol–water partition coefficient (Wildman–Crippen LogP) is 2.37. The molecule has 3 rings (SSSR count). The zero-order valence-electron chi connectivity index (χ0n) is 17.8. The number of anilines is 1. The lowest BCUT2D eigenvalue weighted by Crippen LogP contribution is -2.38. The third-order valence-electron chi connectivity index (χ3n) is 5.16. The van der Waals surface area contributed by atoms with Gasteiger partial charge < -0.3 is 20.1 Å². The fourth-order valence-electron chi connectivity index (χ4n) is 3.58. The number of hydrogen-bond donors (Lipinski definition) is 2. The Hall–Kier alpha value is -2.64. The first kappa shape index (κ1) is 21.1. The molecule has 8 heteroatoms. The normalized spacial score (nSPS) is 15.2. The molecule has 2 N–H and O–H groups in total. The Morgan fingerprint density at radius 3 is 2.72 bits per heavy atom. The molecule has 0 spiro atoms. The van der Waals surface area contributed by atoms with Crippen molar-refractivity contribution in [2.45, 2.75) is 59.0 Å². The van der Waals surface area contributed by atoms with E-state index in [4.69, 9.17) is 4.99 Å². The summed E-state index contributed by atoms with van der Waals surface area (Å²) >= 11 is 0. The van der Waals surface area contributed by atoms with Gasteiger partial charge in [0.15, 0.2) is 5.96 Å². The van der Waals surface area contributed by atoms with Gasteiger partial charge in [-0.15, -0.1) is 10.2 Å². The number of hydrogen-bond acceptors (Lipinski definition) is 5. The van der Waals surface area contributed by atoms with Crippen molar-refractivity contribution in [2.75, 3.05) is 31.1 Å². The third kappa shape index (κ3) is 6.44. The molecule has 1 aliphatic heterocycles. The molecule has 0 aliphatic carbocycles. The summed E-state index contributed by atoms with van der Waals surface area (Å²) in [5, 5.41) is 14.8. The van der Waals surface area contributed by atoms with Crippen LogP contribution in [0.2, 0.25) is 0 Å². The summed E-state index contributed by atoms with van der Waals surface area (Å²) in [7, 11) is 0. The third-order valence-corrected chi connectivity index (χ3v) is 5.16. The number of nitrogens with one attached hydrogen (secondary N) is 2. The molecule has 1 fully saturated rings. The second-order valence-electron chi connectivity index (χ2n) is 7.34. The number of guanidine groups is 1. The maximum Gasteiger partial charge on any atom is 0.191 e. The molecule has 0 bridgehead atoms. The Balaban J connectivity index is 1.57. The number of aryl methyl sites for hydroxylation is 1. The molecule has 29 heavy (non-hydrogen) atoms. The summed E-state index contributed by atoms with van der Waals surface area (Å²) in [6.07, 6.45) is 9.74. The summed E-state index contributed by atoms with van der Waals surface area (Å²) in [5.41, 5.74) is 1.18. The molecule has 2 aromatic heterocycles. The van der Waals surface area contributed by atoms with Crippen LogP contribution in [0.15, 0.2) is 29.6 Å². The number of nitrogens with zero attached hydrogens (tertiary/aromatic N) is 6. The van der Waals surface area contributed by atoms with Gasteiger partial charge in [-0.3, -0.25) is 0 Å². The highest BCUT2D eigenvalue weighted by atomic mass is 15.3. The van der Waals surface area contributed by atoms with Crippen molar-refractivity contribution in [3.05, 3.63) is 36.0 Å². The van der Waals surface area contributed by atoms with Crippen molar-refractivity contribution in [3.8, 4) is 0 Å². The van der Waals surface area contributed by atoms with Gasteiger partial charge in [-0.25, -0.2) is 9.98 Å².